The third-order valence-electron chi connectivity index (χ3n) is 6.20. The maximum Gasteiger partial charge on any atom is 0.407 e. The van der Waals surface area contributed by atoms with Crippen LogP contribution in [0.15, 0.2) is 24.3 Å². The van der Waals surface area contributed by atoms with Crippen LogP contribution in [0, 0.1) is 0 Å². The number of pyridine rings is 1. The fourth-order valence-electron chi connectivity index (χ4n) is 4.58. The van der Waals surface area contributed by atoms with Gasteiger partial charge in [-0.2, -0.15) is 0 Å². The summed E-state index contributed by atoms with van der Waals surface area (Å²) >= 11 is 0. The Labute approximate surface area is 184 Å². The SMILES string of the molecule is CN1CCC(c2cc3cc(N)ccc3c(N3CC[C@@H](NC(=O)OC(C)(C)C)C3)n2)CC1. The summed E-state index contributed by atoms with van der Waals surface area (Å²) in [4.78, 5) is 22.0. The number of nitrogens with zero attached hydrogens (tertiary/aromatic N) is 3. The molecular formula is C24H35N5O2. The molecule has 1 atom stereocenters. The number of hydrogen-bond acceptors (Lipinski definition) is 6. The van der Waals surface area contributed by atoms with E-state index in [2.05, 4.69) is 34.3 Å². The second kappa shape index (κ2) is 8.54. The normalized spacial score (nSPS) is 20.9. The van der Waals surface area contributed by atoms with Crippen molar-refractivity contribution >= 4 is 28.4 Å². The lowest BCUT2D eigenvalue weighted by molar-refractivity contribution is 0.0509. The number of carbonyl (C=O) groups excluding carboxylic acids is 1. The van der Waals surface area contributed by atoms with Gasteiger partial charge in [0.25, 0.3) is 0 Å². The molecule has 2 aromatic rings. The third kappa shape index (κ3) is 5.21. The van der Waals surface area contributed by atoms with Crippen LogP contribution in [0.5, 0.6) is 0 Å². The smallest absolute Gasteiger partial charge is 0.407 e. The zero-order valence-electron chi connectivity index (χ0n) is 19.1. The lowest BCUT2D eigenvalue weighted by atomic mass is 9.92. The second-order valence-electron chi connectivity index (χ2n) is 10.0. The average molecular weight is 426 g/mol. The van der Waals surface area contributed by atoms with Crippen molar-refractivity contribution in [3.8, 4) is 0 Å². The van der Waals surface area contributed by atoms with Crippen molar-refractivity contribution in [2.24, 2.45) is 0 Å². The second-order valence-corrected chi connectivity index (χ2v) is 10.0. The van der Waals surface area contributed by atoms with Gasteiger partial charge >= 0.3 is 6.09 Å². The number of hydrogen-bond donors (Lipinski definition) is 2. The number of nitrogens with two attached hydrogens (primary N) is 1. The van der Waals surface area contributed by atoms with Gasteiger partial charge in [-0.25, -0.2) is 9.78 Å². The summed E-state index contributed by atoms with van der Waals surface area (Å²) in [6, 6.07) is 8.32. The highest BCUT2D eigenvalue weighted by Crippen LogP contribution is 2.34. The summed E-state index contributed by atoms with van der Waals surface area (Å²) in [6.07, 6.45) is 2.76. The summed E-state index contributed by atoms with van der Waals surface area (Å²) in [7, 11) is 2.18. The molecule has 3 heterocycles. The lowest BCUT2D eigenvalue weighted by Gasteiger charge is -2.30. The van der Waals surface area contributed by atoms with E-state index >= 15 is 0 Å². The van der Waals surface area contributed by atoms with E-state index in [1.165, 1.54) is 0 Å². The van der Waals surface area contributed by atoms with Gasteiger partial charge in [0.2, 0.25) is 0 Å². The van der Waals surface area contributed by atoms with Crippen molar-refractivity contribution in [3.63, 3.8) is 0 Å². The van der Waals surface area contributed by atoms with Crippen LogP contribution in [0.25, 0.3) is 10.8 Å². The van der Waals surface area contributed by atoms with Gasteiger partial charge in [0.1, 0.15) is 11.4 Å². The minimum Gasteiger partial charge on any atom is -0.444 e. The zero-order valence-corrected chi connectivity index (χ0v) is 19.1. The molecule has 1 aromatic heterocycles. The Morgan fingerprint density at radius 2 is 1.90 bits per heavy atom. The van der Waals surface area contributed by atoms with Crippen LogP contribution in [0.4, 0.5) is 16.3 Å². The standard InChI is InChI=1S/C24H35N5O2/c1-24(2,3)31-23(30)26-19-9-12-29(15-19)22-20-6-5-18(25)13-17(20)14-21(27-22)16-7-10-28(4)11-8-16/h5-6,13-14,16,19H,7-12,15,25H2,1-4H3,(H,26,30)/t19-/m1/s1. The topological polar surface area (TPSA) is 83.7 Å². The highest BCUT2D eigenvalue weighted by molar-refractivity contribution is 5.94. The fraction of sp³-hybridized carbons (Fsp3) is 0.583. The molecule has 0 bridgehead atoms. The number of ether oxygens (including phenoxy) is 1. The van der Waals surface area contributed by atoms with Gasteiger partial charge in [0.15, 0.2) is 0 Å². The third-order valence-corrected chi connectivity index (χ3v) is 6.20. The molecule has 31 heavy (non-hydrogen) atoms. The van der Waals surface area contributed by atoms with Crippen LogP contribution in [-0.2, 0) is 4.74 Å². The van der Waals surface area contributed by atoms with Crippen LogP contribution in [0.3, 0.4) is 0 Å². The van der Waals surface area contributed by atoms with E-state index in [-0.39, 0.29) is 12.1 Å². The van der Waals surface area contributed by atoms with Gasteiger partial charge in [-0.1, -0.05) is 0 Å². The molecule has 0 saturated carbocycles. The quantitative estimate of drug-likeness (QED) is 0.729. The van der Waals surface area contributed by atoms with Crippen LogP contribution in [-0.4, -0.2) is 60.8 Å². The summed E-state index contributed by atoms with van der Waals surface area (Å²) in [6.45, 7) is 9.41. The van der Waals surface area contributed by atoms with Gasteiger partial charge in [-0.3, -0.25) is 0 Å². The van der Waals surface area contributed by atoms with Crippen LogP contribution in [0.1, 0.15) is 51.6 Å². The summed E-state index contributed by atoms with van der Waals surface area (Å²) in [5.41, 5.74) is 7.53. The zero-order chi connectivity index (χ0) is 22.2. The first-order valence-corrected chi connectivity index (χ1v) is 11.3. The van der Waals surface area contributed by atoms with E-state index < -0.39 is 5.60 Å². The van der Waals surface area contributed by atoms with Crippen molar-refractivity contribution in [2.75, 3.05) is 43.9 Å². The van der Waals surface area contributed by atoms with E-state index in [0.717, 1.165) is 73.4 Å². The van der Waals surface area contributed by atoms with Crippen LogP contribution < -0.4 is 16.0 Å². The van der Waals surface area contributed by atoms with Gasteiger partial charge < -0.3 is 25.6 Å². The van der Waals surface area contributed by atoms with E-state index in [1.807, 2.05) is 32.9 Å². The van der Waals surface area contributed by atoms with Crippen molar-refractivity contribution < 1.29 is 9.53 Å². The van der Waals surface area contributed by atoms with Crippen LogP contribution >= 0.6 is 0 Å². The Kier molecular flexibility index (Phi) is 5.97. The molecular weight excluding hydrogens is 390 g/mol. The molecule has 1 amide bonds. The van der Waals surface area contributed by atoms with Crippen molar-refractivity contribution in [3.05, 3.63) is 30.0 Å². The van der Waals surface area contributed by atoms with E-state index in [4.69, 9.17) is 15.5 Å². The number of amides is 1. The monoisotopic (exact) mass is 425 g/mol. The summed E-state index contributed by atoms with van der Waals surface area (Å²) < 4.78 is 5.43. The average Bonchev–Trinajstić information content (AvgIpc) is 3.14. The summed E-state index contributed by atoms with van der Waals surface area (Å²) in [5.74, 6) is 1.47. The predicted molar refractivity (Wildman–Crippen MR) is 126 cm³/mol. The number of aromatic nitrogens is 1. The molecule has 2 saturated heterocycles. The van der Waals surface area contributed by atoms with E-state index in [1.54, 1.807) is 0 Å². The predicted octanol–water partition coefficient (Wildman–Crippen LogP) is 3.73. The Bertz CT molecular complexity index is 947. The molecule has 2 fully saturated rings. The number of likely N-dealkylation sites (tertiary alicyclic amines) is 1. The van der Waals surface area contributed by atoms with Gasteiger partial charge in [-0.05, 0) is 89.8 Å². The Balaban J connectivity index is 1.57. The summed E-state index contributed by atoms with van der Waals surface area (Å²) in [5, 5.41) is 5.27. The van der Waals surface area contributed by atoms with Crippen molar-refractivity contribution in [2.45, 2.75) is 57.6 Å². The number of rotatable bonds is 3. The largest absolute Gasteiger partial charge is 0.444 e. The lowest BCUT2D eigenvalue weighted by Crippen LogP contribution is -2.40. The van der Waals surface area contributed by atoms with Crippen molar-refractivity contribution in [1.29, 1.82) is 0 Å². The van der Waals surface area contributed by atoms with Crippen LogP contribution in [0.2, 0.25) is 0 Å². The molecule has 0 unspecified atom stereocenters. The molecule has 7 nitrogen and oxygen atoms in total. The number of nitrogens with one attached hydrogen (secondary N) is 1. The number of nitrogen functional groups attached to an aromatic ring is 1. The minimum absolute atomic E-state index is 0.0486. The first-order valence-electron chi connectivity index (χ1n) is 11.3. The molecule has 2 aliphatic heterocycles. The Hall–Kier alpha value is -2.54. The van der Waals surface area contributed by atoms with E-state index in [9.17, 15) is 4.79 Å². The van der Waals surface area contributed by atoms with Crippen molar-refractivity contribution in [1.82, 2.24) is 15.2 Å². The number of carbonyl (C=O) groups is 1. The highest BCUT2D eigenvalue weighted by atomic mass is 16.6. The molecule has 0 aliphatic carbocycles. The molecule has 3 N–H and O–H groups in total. The Morgan fingerprint density at radius 1 is 1.16 bits per heavy atom. The molecule has 4 rings (SSSR count). The number of benzene rings is 1. The van der Waals surface area contributed by atoms with Gasteiger partial charge in [-0.15, -0.1) is 0 Å². The number of piperidine rings is 1. The number of fused-ring (bicyclic) bond motifs is 1. The maximum atomic E-state index is 12.2. The first kappa shape index (κ1) is 21.7. The number of anilines is 2. The van der Waals surface area contributed by atoms with Gasteiger partial charge in [0.05, 0.1) is 6.04 Å². The van der Waals surface area contributed by atoms with E-state index in [0.29, 0.717) is 5.92 Å². The molecule has 0 radical (unpaired) electrons. The maximum absolute atomic E-state index is 12.2. The first-order chi connectivity index (χ1) is 14.7. The number of alkyl carbamates (subject to hydrolysis) is 1. The Morgan fingerprint density at radius 3 is 2.61 bits per heavy atom. The molecule has 1 aromatic carbocycles. The van der Waals surface area contributed by atoms with Gasteiger partial charge in [0, 0.05) is 35.8 Å². The molecule has 2 aliphatic rings. The molecule has 0 spiro atoms. The molecule has 7 heteroatoms. The fourth-order valence-corrected chi connectivity index (χ4v) is 4.58. The highest BCUT2D eigenvalue weighted by Gasteiger charge is 2.29. The minimum atomic E-state index is -0.498. The molecule has 168 valence electrons.